The summed E-state index contributed by atoms with van der Waals surface area (Å²) in [7, 11) is 0. The highest BCUT2D eigenvalue weighted by Crippen LogP contribution is 2.31. The number of anilines is 1. The van der Waals surface area contributed by atoms with Crippen LogP contribution in [0.2, 0.25) is 5.02 Å². The Morgan fingerprint density at radius 3 is 3.11 bits per heavy atom. The van der Waals surface area contributed by atoms with E-state index < -0.39 is 0 Å². The summed E-state index contributed by atoms with van der Waals surface area (Å²) in [6, 6.07) is 6.92. The molecule has 0 spiro atoms. The minimum atomic E-state index is -0.314. The monoisotopic (exact) mass is 278 g/mol. The van der Waals surface area contributed by atoms with E-state index in [9.17, 15) is 4.79 Å². The van der Waals surface area contributed by atoms with E-state index in [-0.39, 0.29) is 12.0 Å². The maximum Gasteiger partial charge on any atom is 0.328 e. The average Bonchev–Trinajstić information content (AvgIpc) is 2.88. The topological polar surface area (TPSA) is 53.3 Å². The van der Waals surface area contributed by atoms with Crippen LogP contribution in [0, 0.1) is 11.3 Å². The molecule has 0 amide bonds. The number of carbonyl (C=O) groups excluding carboxylic acids is 1. The average molecular weight is 279 g/mol. The van der Waals surface area contributed by atoms with Crippen LogP contribution in [0.1, 0.15) is 25.3 Å². The number of benzene rings is 1. The maximum absolute atomic E-state index is 11.9. The first-order valence-electron chi connectivity index (χ1n) is 6.30. The molecule has 1 heterocycles. The lowest BCUT2D eigenvalue weighted by molar-refractivity contribution is -0.144. The SMILES string of the molecule is CCOC(=O)C1CCCN1c1cc(Cl)ccc1C#N. The van der Waals surface area contributed by atoms with Crippen LogP contribution in [-0.2, 0) is 9.53 Å². The molecule has 1 atom stereocenters. The molecule has 0 aromatic heterocycles. The van der Waals surface area contributed by atoms with Crippen LogP contribution in [0.15, 0.2) is 18.2 Å². The molecule has 0 saturated carbocycles. The second kappa shape index (κ2) is 5.94. The molecule has 4 nitrogen and oxygen atoms in total. The third kappa shape index (κ3) is 2.82. The highest BCUT2D eigenvalue weighted by atomic mass is 35.5. The summed E-state index contributed by atoms with van der Waals surface area (Å²) in [5.41, 5.74) is 1.24. The minimum Gasteiger partial charge on any atom is -0.464 e. The summed E-state index contributed by atoms with van der Waals surface area (Å²) in [6.45, 7) is 2.89. The van der Waals surface area contributed by atoms with Crippen molar-refractivity contribution >= 4 is 23.3 Å². The Bertz CT molecular complexity index is 525. The largest absolute Gasteiger partial charge is 0.464 e. The van der Waals surface area contributed by atoms with E-state index in [0.717, 1.165) is 19.4 Å². The molecule has 1 aromatic carbocycles. The zero-order valence-corrected chi connectivity index (χ0v) is 11.5. The van der Waals surface area contributed by atoms with Crippen molar-refractivity contribution in [2.24, 2.45) is 0 Å². The summed E-state index contributed by atoms with van der Waals surface area (Å²) < 4.78 is 5.08. The molecule has 0 bridgehead atoms. The normalized spacial score (nSPS) is 18.2. The summed E-state index contributed by atoms with van der Waals surface area (Å²) in [4.78, 5) is 13.9. The van der Waals surface area contributed by atoms with E-state index in [1.807, 2.05) is 4.90 Å². The first-order chi connectivity index (χ1) is 9.17. The number of hydrogen-bond acceptors (Lipinski definition) is 4. The molecule has 0 N–H and O–H groups in total. The van der Waals surface area contributed by atoms with Crippen LogP contribution in [0.4, 0.5) is 5.69 Å². The first-order valence-corrected chi connectivity index (χ1v) is 6.68. The highest BCUT2D eigenvalue weighted by molar-refractivity contribution is 6.30. The predicted molar refractivity (Wildman–Crippen MR) is 73.2 cm³/mol. The van der Waals surface area contributed by atoms with Gasteiger partial charge in [0.15, 0.2) is 0 Å². The van der Waals surface area contributed by atoms with Gasteiger partial charge >= 0.3 is 5.97 Å². The van der Waals surface area contributed by atoms with Crippen molar-refractivity contribution in [3.63, 3.8) is 0 Å². The van der Waals surface area contributed by atoms with E-state index in [0.29, 0.717) is 22.9 Å². The van der Waals surface area contributed by atoms with Crippen LogP contribution in [0.3, 0.4) is 0 Å². The number of nitrogens with zero attached hydrogens (tertiary/aromatic N) is 2. The number of rotatable bonds is 3. The second-order valence-corrected chi connectivity index (χ2v) is 4.81. The van der Waals surface area contributed by atoms with E-state index in [1.54, 1.807) is 25.1 Å². The highest BCUT2D eigenvalue weighted by Gasteiger charge is 2.33. The third-order valence-electron chi connectivity index (χ3n) is 3.20. The van der Waals surface area contributed by atoms with Gasteiger partial charge in [-0.2, -0.15) is 5.26 Å². The number of hydrogen-bond donors (Lipinski definition) is 0. The van der Waals surface area contributed by atoms with Crippen molar-refractivity contribution in [3.8, 4) is 6.07 Å². The lowest BCUT2D eigenvalue weighted by Gasteiger charge is -2.26. The summed E-state index contributed by atoms with van der Waals surface area (Å²) in [5, 5.41) is 9.72. The van der Waals surface area contributed by atoms with Gasteiger partial charge in [0.2, 0.25) is 0 Å². The Hall–Kier alpha value is -1.73. The molecule has 5 heteroatoms. The third-order valence-corrected chi connectivity index (χ3v) is 3.44. The Morgan fingerprint density at radius 2 is 2.42 bits per heavy atom. The van der Waals surface area contributed by atoms with Crippen LogP contribution >= 0.6 is 11.6 Å². The molecule has 1 aliphatic heterocycles. The molecular formula is C14H15ClN2O2. The van der Waals surface area contributed by atoms with Crippen molar-refractivity contribution in [1.82, 2.24) is 0 Å². The Morgan fingerprint density at radius 1 is 1.63 bits per heavy atom. The molecule has 2 rings (SSSR count). The van der Waals surface area contributed by atoms with Crippen molar-refractivity contribution in [3.05, 3.63) is 28.8 Å². The van der Waals surface area contributed by atoms with Gasteiger partial charge in [0.05, 0.1) is 17.9 Å². The van der Waals surface area contributed by atoms with Crippen molar-refractivity contribution in [1.29, 1.82) is 5.26 Å². The van der Waals surface area contributed by atoms with Crippen molar-refractivity contribution in [2.45, 2.75) is 25.8 Å². The zero-order valence-electron chi connectivity index (χ0n) is 10.7. The molecule has 1 saturated heterocycles. The fourth-order valence-electron chi connectivity index (χ4n) is 2.38. The van der Waals surface area contributed by atoms with Crippen LogP contribution in [-0.4, -0.2) is 25.2 Å². The Labute approximate surface area is 117 Å². The zero-order chi connectivity index (χ0) is 13.8. The number of carbonyl (C=O) groups is 1. The van der Waals surface area contributed by atoms with Gasteiger partial charge in [-0.15, -0.1) is 0 Å². The number of halogens is 1. The van der Waals surface area contributed by atoms with Gasteiger partial charge in [-0.1, -0.05) is 11.6 Å². The van der Waals surface area contributed by atoms with Crippen LogP contribution in [0.25, 0.3) is 0 Å². The lowest BCUT2D eigenvalue weighted by atomic mass is 10.1. The predicted octanol–water partition coefficient (Wildman–Crippen LogP) is 2.74. The molecule has 1 aliphatic rings. The molecule has 19 heavy (non-hydrogen) atoms. The molecule has 1 aromatic rings. The van der Waals surface area contributed by atoms with Gasteiger partial charge < -0.3 is 9.64 Å². The second-order valence-electron chi connectivity index (χ2n) is 4.38. The summed E-state index contributed by atoms with van der Waals surface area (Å²) in [6.07, 6.45) is 1.65. The number of nitriles is 1. The van der Waals surface area contributed by atoms with Crippen LogP contribution < -0.4 is 4.90 Å². The quantitative estimate of drug-likeness (QED) is 0.798. The van der Waals surface area contributed by atoms with Crippen molar-refractivity contribution in [2.75, 3.05) is 18.1 Å². The van der Waals surface area contributed by atoms with Gasteiger partial charge in [0, 0.05) is 11.6 Å². The van der Waals surface area contributed by atoms with E-state index in [2.05, 4.69) is 6.07 Å². The fraction of sp³-hybridized carbons (Fsp3) is 0.429. The van der Waals surface area contributed by atoms with Gasteiger partial charge in [0.1, 0.15) is 12.1 Å². The van der Waals surface area contributed by atoms with Crippen LogP contribution in [0.5, 0.6) is 0 Å². The van der Waals surface area contributed by atoms with Gasteiger partial charge in [-0.05, 0) is 38.0 Å². The van der Waals surface area contributed by atoms with E-state index in [1.165, 1.54) is 0 Å². The fourth-order valence-corrected chi connectivity index (χ4v) is 2.54. The maximum atomic E-state index is 11.9. The molecule has 1 unspecified atom stereocenters. The molecule has 100 valence electrons. The van der Waals surface area contributed by atoms with Crippen molar-refractivity contribution < 1.29 is 9.53 Å². The molecule has 0 radical (unpaired) electrons. The lowest BCUT2D eigenvalue weighted by Crippen LogP contribution is -2.37. The summed E-state index contributed by atoms with van der Waals surface area (Å²) in [5.74, 6) is -0.233. The molecular weight excluding hydrogens is 264 g/mol. The van der Waals surface area contributed by atoms with Gasteiger partial charge in [-0.25, -0.2) is 4.79 Å². The smallest absolute Gasteiger partial charge is 0.328 e. The van der Waals surface area contributed by atoms with Gasteiger partial charge in [0.25, 0.3) is 0 Å². The standard InChI is InChI=1S/C14H15ClN2O2/c1-2-19-14(18)12-4-3-7-17(12)13-8-11(15)6-5-10(13)9-16/h5-6,8,12H,2-4,7H2,1H3. The van der Waals surface area contributed by atoms with E-state index in [4.69, 9.17) is 21.6 Å². The Balaban J connectivity index is 2.32. The van der Waals surface area contributed by atoms with Gasteiger partial charge in [-0.3, -0.25) is 0 Å². The summed E-state index contributed by atoms with van der Waals surface area (Å²) >= 11 is 5.99. The van der Waals surface area contributed by atoms with E-state index >= 15 is 0 Å². The number of esters is 1. The minimum absolute atomic E-state index is 0.233. The number of ether oxygens (including phenoxy) is 1. The first kappa shape index (κ1) is 13.7. The Kier molecular flexibility index (Phi) is 4.28. The molecule has 1 fully saturated rings. The molecule has 0 aliphatic carbocycles.